The monoisotopic (exact) mass is 209 g/mol. The lowest BCUT2D eigenvalue weighted by Gasteiger charge is -2.08. The molecular weight excluding hydrogens is 198 g/mol. The summed E-state index contributed by atoms with van der Waals surface area (Å²) in [5.74, 6) is 0.986. The van der Waals surface area contributed by atoms with Gasteiger partial charge in [-0.15, -0.1) is 0 Å². The third kappa shape index (κ3) is 1.46. The molecule has 2 aliphatic carbocycles. The van der Waals surface area contributed by atoms with Crippen LogP contribution in [0.2, 0.25) is 5.28 Å². The molecule has 0 amide bonds. The molecule has 1 saturated carbocycles. The van der Waals surface area contributed by atoms with Crippen molar-refractivity contribution in [3.63, 3.8) is 0 Å². The molecule has 1 fully saturated rings. The van der Waals surface area contributed by atoms with Crippen LogP contribution in [0.25, 0.3) is 0 Å². The average molecular weight is 210 g/mol. The van der Waals surface area contributed by atoms with Crippen molar-refractivity contribution in [3.05, 3.63) is 16.5 Å². The number of nitrogens with one attached hydrogen (secondary N) is 1. The summed E-state index contributed by atoms with van der Waals surface area (Å²) in [6.45, 7) is 0. The lowest BCUT2D eigenvalue weighted by Crippen LogP contribution is -2.07. The standard InChI is InChI=1S/C10H12ClN3/c11-10-13-8-3-1-2-7(8)9(14-10)12-6-4-5-6/h6H,1-5H2,(H,12,13,14). The van der Waals surface area contributed by atoms with Crippen LogP contribution < -0.4 is 5.32 Å². The van der Waals surface area contributed by atoms with E-state index in [1.54, 1.807) is 0 Å². The molecule has 0 saturated heterocycles. The predicted molar refractivity (Wildman–Crippen MR) is 55.7 cm³/mol. The summed E-state index contributed by atoms with van der Waals surface area (Å²) < 4.78 is 0. The number of nitrogens with zero attached hydrogens (tertiary/aromatic N) is 2. The van der Waals surface area contributed by atoms with Gasteiger partial charge in [0.2, 0.25) is 5.28 Å². The van der Waals surface area contributed by atoms with E-state index in [2.05, 4.69) is 15.3 Å². The fraction of sp³-hybridized carbons (Fsp3) is 0.600. The van der Waals surface area contributed by atoms with Crippen LogP contribution in [0.1, 0.15) is 30.5 Å². The molecule has 1 aromatic rings. The zero-order valence-electron chi connectivity index (χ0n) is 7.89. The second kappa shape index (κ2) is 3.09. The van der Waals surface area contributed by atoms with E-state index in [-0.39, 0.29) is 0 Å². The topological polar surface area (TPSA) is 37.8 Å². The molecule has 74 valence electrons. The number of fused-ring (bicyclic) bond motifs is 1. The fourth-order valence-corrected chi connectivity index (χ4v) is 2.13. The SMILES string of the molecule is Clc1nc2c(c(NC3CC3)n1)CCC2. The van der Waals surface area contributed by atoms with E-state index in [0.717, 1.165) is 24.4 Å². The van der Waals surface area contributed by atoms with Gasteiger partial charge < -0.3 is 5.32 Å². The zero-order chi connectivity index (χ0) is 9.54. The highest BCUT2D eigenvalue weighted by atomic mass is 35.5. The van der Waals surface area contributed by atoms with Gasteiger partial charge in [0.1, 0.15) is 5.82 Å². The van der Waals surface area contributed by atoms with Gasteiger partial charge in [0.25, 0.3) is 0 Å². The van der Waals surface area contributed by atoms with Crippen LogP contribution in [0, 0.1) is 0 Å². The normalized spacial score (nSPS) is 19.5. The Bertz CT molecular complexity index is 374. The summed E-state index contributed by atoms with van der Waals surface area (Å²) in [5, 5.41) is 3.80. The minimum absolute atomic E-state index is 0.383. The highest BCUT2D eigenvalue weighted by molar-refractivity contribution is 6.28. The number of rotatable bonds is 2. The van der Waals surface area contributed by atoms with E-state index in [1.165, 1.54) is 24.8 Å². The summed E-state index contributed by atoms with van der Waals surface area (Å²) in [4.78, 5) is 8.52. The summed E-state index contributed by atoms with van der Waals surface area (Å²) in [6, 6.07) is 0.630. The van der Waals surface area contributed by atoms with Crippen LogP contribution in [0.15, 0.2) is 0 Å². The molecule has 0 unspecified atom stereocenters. The van der Waals surface area contributed by atoms with Gasteiger partial charge in [-0.2, -0.15) is 0 Å². The second-order valence-corrected chi connectivity index (χ2v) is 4.38. The molecule has 3 nitrogen and oxygen atoms in total. The number of halogens is 1. The van der Waals surface area contributed by atoms with E-state index >= 15 is 0 Å². The fourth-order valence-electron chi connectivity index (χ4n) is 1.94. The van der Waals surface area contributed by atoms with Crippen molar-refractivity contribution in [1.29, 1.82) is 0 Å². The van der Waals surface area contributed by atoms with E-state index in [9.17, 15) is 0 Å². The number of hydrogen-bond donors (Lipinski definition) is 1. The molecule has 0 spiro atoms. The Labute approximate surface area is 87.9 Å². The molecule has 0 aliphatic heterocycles. The minimum atomic E-state index is 0.383. The van der Waals surface area contributed by atoms with Crippen LogP contribution in [-0.4, -0.2) is 16.0 Å². The van der Waals surface area contributed by atoms with Gasteiger partial charge in [0.15, 0.2) is 0 Å². The van der Waals surface area contributed by atoms with Crippen LogP contribution in [0.4, 0.5) is 5.82 Å². The van der Waals surface area contributed by atoms with Crippen molar-refractivity contribution < 1.29 is 0 Å². The molecule has 1 heterocycles. The van der Waals surface area contributed by atoms with Crippen LogP contribution in [0.5, 0.6) is 0 Å². The lowest BCUT2D eigenvalue weighted by atomic mass is 10.2. The van der Waals surface area contributed by atoms with E-state index in [0.29, 0.717) is 11.3 Å². The first-order chi connectivity index (χ1) is 6.83. The van der Waals surface area contributed by atoms with Crippen molar-refractivity contribution in [2.24, 2.45) is 0 Å². The van der Waals surface area contributed by atoms with Crippen molar-refractivity contribution in [1.82, 2.24) is 9.97 Å². The third-order valence-electron chi connectivity index (χ3n) is 2.82. The second-order valence-electron chi connectivity index (χ2n) is 4.04. The first kappa shape index (κ1) is 8.48. The summed E-state index contributed by atoms with van der Waals surface area (Å²) in [7, 11) is 0. The molecule has 1 N–H and O–H groups in total. The molecule has 0 atom stereocenters. The zero-order valence-corrected chi connectivity index (χ0v) is 8.64. The van der Waals surface area contributed by atoms with Gasteiger partial charge in [0.05, 0.1) is 5.69 Å². The summed E-state index contributed by atoms with van der Waals surface area (Å²) in [6.07, 6.45) is 5.86. The summed E-state index contributed by atoms with van der Waals surface area (Å²) >= 11 is 5.87. The smallest absolute Gasteiger partial charge is 0.224 e. The Morgan fingerprint density at radius 1 is 1.21 bits per heavy atom. The van der Waals surface area contributed by atoms with Gasteiger partial charge >= 0.3 is 0 Å². The van der Waals surface area contributed by atoms with Gasteiger partial charge in [-0.3, -0.25) is 0 Å². The Morgan fingerprint density at radius 2 is 2.07 bits per heavy atom. The number of anilines is 1. The maximum Gasteiger partial charge on any atom is 0.224 e. The first-order valence-corrected chi connectivity index (χ1v) is 5.52. The lowest BCUT2D eigenvalue weighted by molar-refractivity contribution is 0.899. The average Bonchev–Trinajstić information content (AvgIpc) is 2.81. The molecule has 0 bridgehead atoms. The molecule has 3 rings (SSSR count). The predicted octanol–water partition coefficient (Wildman–Crippen LogP) is 2.19. The molecule has 4 heteroatoms. The quantitative estimate of drug-likeness (QED) is 0.759. The largest absolute Gasteiger partial charge is 0.367 e. The molecule has 14 heavy (non-hydrogen) atoms. The Hall–Kier alpha value is -0.830. The molecule has 1 aromatic heterocycles. The highest BCUT2D eigenvalue weighted by Crippen LogP contribution is 2.31. The number of hydrogen-bond acceptors (Lipinski definition) is 3. The molecule has 0 aromatic carbocycles. The maximum atomic E-state index is 5.87. The van der Waals surface area contributed by atoms with Gasteiger partial charge in [-0.1, -0.05) is 0 Å². The Morgan fingerprint density at radius 3 is 2.86 bits per heavy atom. The Kier molecular flexibility index (Phi) is 1.87. The Balaban J connectivity index is 1.99. The van der Waals surface area contributed by atoms with E-state index < -0.39 is 0 Å². The van der Waals surface area contributed by atoms with E-state index in [1.807, 2.05) is 0 Å². The van der Waals surface area contributed by atoms with Crippen molar-refractivity contribution >= 4 is 17.4 Å². The summed E-state index contributed by atoms with van der Waals surface area (Å²) in [5.41, 5.74) is 2.44. The molecule has 2 aliphatic rings. The van der Waals surface area contributed by atoms with Crippen LogP contribution in [0.3, 0.4) is 0 Å². The minimum Gasteiger partial charge on any atom is -0.367 e. The van der Waals surface area contributed by atoms with Crippen molar-refractivity contribution in [3.8, 4) is 0 Å². The molecule has 0 radical (unpaired) electrons. The maximum absolute atomic E-state index is 5.87. The van der Waals surface area contributed by atoms with E-state index in [4.69, 9.17) is 11.6 Å². The van der Waals surface area contributed by atoms with Crippen LogP contribution >= 0.6 is 11.6 Å². The first-order valence-electron chi connectivity index (χ1n) is 5.15. The van der Waals surface area contributed by atoms with Crippen molar-refractivity contribution in [2.45, 2.75) is 38.1 Å². The van der Waals surface area contributed by atoms with Gasteiger partial charge in [-0.05, 0) is 43.7 Å². The third-order valence-corrected chi connectivity index (χ3v) is 2.99. The number of aromatic nitrogens is 2. The van der Waals surface area contributed by atoms with Gasteiger partial charge in [0, 0.05) is 11.6 Å². The number of aryl methyl sites for hydroxylation is 1. The van der Waals surface area contributed by atoms with Gasteiger partial charge in [-0.25, -0.2) is 9.97 Å². The van der Waals surface area contributed by atoms with Crippen LogP contribution in [-0.2, 0) is 12.8 Å². The van der Waals surface area contributed by atoms with Crippen molar-refractivity contribution in [2.75, 3.05) is 5.32 Å². The molecular formula is C10H12ClN3. The highest BCUT2D eigenvalue weighted by Gasteiger charge is 2.25.